The third-order valence-electron chi connectivity index (χ3n) is 4.47. The average Bonchev–Trinajstić information content (AvgIpc) is 3.09. The molecule has 150 valence electrons. The molecule has 0 amide bonds. The molecule has 6 heteroatoms. The Morgan fingerprint density at radius 1 is 1.00 bits per heavy atom. The summed E-state index contributed by atoms with van der Waals surface area (Å²) < 4.78 is 12.8. The van der Waals surface area contributed by atoms with Crippen LogP contribution in [-0.4, -0.2) is 11.9 Å². The van der Waals surface area contributed by atoms with Gasteiger partial charge < -0.3 is 9.47 Å². The minimum absolute atomic E-state index is 0.252. The van der Waals surface area contributed by atoms with Gasteiger partial charge in [-0.15, -0.1) is 0 Å². The van der Waals surface area contributed by atoms with E-state index in [0.29, 0.717) is 18.3 Å². The predicted octanol–water partition coefficient (Wildman–Crippen LogP) is 6.44. The standard InChI is InChI=1S/C24H17Br2NO3/c1-15-7-9-18(10-8-15)23-27-21(24(28)30-23)13-17-11-19(25)22(20(26)12-17)29-14-16-5-3-2-4-6-16/h2-13H,14H2,1H3/b21-13-. The SMILES string of the molecule is Cc1ccc(C2=N/C(=C\c3cc(Br)c(OCc4ccccc4)c(Br)c3)C(=O)O2)cc1. The van der Waals surface area contributed by atoms with E-state index in [-0.39, 0.29) is 5.70 Å². The maximum atomic E-state index is 12.3. The van der Waals surface area contributed by atoms with Crippen molar-refractivity contribution in [3.05, 3.63) is 104 Å². The van der Waals surface area contributed by atoms with Crippen molar-refractivity contribution in [3.8, 4) is 5.75 Å². The Labute approximate surface area is 191 Å². The van der Waals surface area contributed by atoms with Gasteiger partial charge in [-0.1, -0.05) is 48.0 Å². The fraction of sp³-hybridized carbons (Fsp3) is 0.0833. The minimum Gasteiger partial charge on any atom is -0.487 e. The highest BCUT2D eigenvalue weighted by atomic mass is 79.9. The molecule has 4 rings (SSSR count). The Bertz CT molecular complexity index is 1130. The van der Waals surface area contributed by atoms with Gasteiger partial charge in [0, 0.05) is 5.56 Å². The summed E-state index contributed by atoms with van der Waals surface area (Å²) in [6.45, 7) is 2.45. The van der Waals surface area contributed by atoms with Gasteiger partial charge in [-0.05, 0) is 80.3 Å². The summed E-state index contributed by atoms with van der Waals surface area (Å²) in [7, 11) is 0. The number of rotatable bonds is 5. The minimum atomic E-state index is -0.470. The summed E-state index contributed by atoms with van der Waals surface area (Å²) in [5.74, 6) is 0.535. The lowest BCUT2D eigenvalue weighted by Crippen LogP contribution is -2.05. The highest BCUT2D eigenvalue weighted by molar-refractivity contribution is 9.11. The van der Waals surface area contributed by atoms with E-state index < -0.39 is 5.97 Å². The Kier molecular flexibility index (Phi) is 6.16. The Balaban J connectivity index is 1.56. The summed E-state index contributed by atoms with van der Waals surface area (Å²) in [4.78, 5) is 16.6. The van der Waals surface area contributed by atoms with Crippen molar-refractivity contribution in [2.75, 3.05) is 0 Å². The van der Waals surface area contributed by atoms with Gasteiger partial charge in [0.05, 0.1) is 8.95 Å². The summed E-state index contributed by atoms with van der Waals surface area (Å²) >= 11 is 7.11. The van der Waals surface area contributed by atoms with Crippen LogP contribution in [0.2, 0.25) is 0 Å². The number of esters is 1. The maximum Gasteiger partial charge on any atom is 0.363 e. The van der Waals surface area contributed by atoms with Crippen molar-refractivity contribution in [1.29, 1.82) is 0 Å². The second-order valence-corrected chi connectivity index (χ2v) is 8.50. The van der Waals surface area contributed by atoms with Gasteiger partial charge in [0.2, 0.25) is 5.90 Å². The number of carbonyl (C=O) groups excluding carboxylic acids is 1. The van der Waals surface area contributed by atoms with E-state index in [1.807, 2.05) is 73.7 Å². The molecular weight excluding hydrogens is 510 g/mol. The first kappa shape index (κ1) is 20.6. The molecular formula is C24H17Br2NO3. The second-order valence-electron chi connectivity index (χ2n) is 6.79. The Morgan fingerprint density at radius 3 is 2.33 bits per heavy atom. The number of nitrogens with zero attached hydrogens (tertiary/aromatic N) is 1. The van der Waals surface area contributed by atoms with Gasteiger partial charge in [-0.3, -0.25) is 0 Å². The normalized spacial score (nSPS) is 14.6. The molecule has 1 aliphatic rings. The van der Waals surface area contributed by atoms with E-state index in [2.05, 4.69) is 36.9 Å². The van der Waals surface area contributed by atoms with Gasteiger partial charge in [0.15, 0.2) is 5.70 Å². The zero-order valence-electron chi connectivity index (χ0n) is 16.1. The fourth-order valence-electron chi connectivity index (χ4n) is 2.92. The summed E-state index contributed by atoms with van der Waals surface area (Å²) in [5, 5.41) is 0. The summed E-state index contributed by atoms with van der Waals surface area (Å²) in [6, 6.07) is 21.4. The average molecular weight is 527 g/mol. The highest BCUT2D eigenvalue weighted by Gasteiger charge is 2.24. The van der Waals surface area contributed by atoms with Gasteiger partial charge in [0.1, 0.15) is 12.4 Å². The zero-order valence-corrected chi connectivity index (χ0v) is 19.2. The first-order valence-electron chi connectivity index (χ1n) is 9.25. The van der Waals surface area contributed by atoms with Crippen molar-refractivity contribution in [3.63, 3.8) is 0 Å². The molecule has 3 aromatic carbocycles. The van der Waals surface area contributed by atoms with E-state index in [1.54, 1.807) is 6.08 Å². The lowest BCUT2D eigenvalue weighted by Gasteiger charge is -2.11. The molecule has 1 heterocycles. The van der Waals surface area contributed by atoms with E-state index in [1.165, 1.54) is 0 Å². The Morgan fingerprint density at radius 2 is 1.67 bits per heavy atom. The molecule has 0 radical (unpaired) electrons. The maximum absolute atomic E-state index is 12.3. The van der Waals surface area contributed by atoms with Crippen LogP contribution in [0.25, 0.3) is 6.08 Å². The zero-order chi connectivity index (χ0) is 21.1. The van der Waals surface area contributed by atoms with E-state index in [9.17, 15) is 4.79 Å². The number of hydrogen-bond donors (Lipinski definition) is 0. The first-order valence-corrected chi connectivity index (χ1v) is 10.8. The van der Waals surface area contributed by atoms with Crippen molar-refractivity contribution < 1.29 is 14.3 Å². The molecule has 3 aromatic rings. The number of cyclic esters (lactones) is 1. The predicted molar refractivity (Wildman–Crippen MR) is 124 cm³/mol. The topological polar surface area (TPSA) is 47.9 Å². The van der Waals surface area contributed by atoms with Crippen LogP contribution in [-0.2, 0) is 16.1 Å². The van der Waals surface area contributed by atoms with Gasteiger partial charge in [-0.25, -0.2) is 9.79 Å². The molecule has 0 spiro atoms. The van der Waals surface area contributed by atoms with Crippen LogP contribution in [0, 0.1) is 6.92 Å². The van der Waals surface area contributed by atoms with E-state index in [0.717, 1.165) is 31.2 Å². The molecule has 4 nitrogen and oxygen atoms in total. The quantitative estimate of drug-likeness (QED) is 0.284. The summed E-state index contributed by atoms with van der Waals surface area (Å²) in [6.07, 6.45) is 1.69. The van der Waals surface area contributed by atoms with Crippen molar-refractivity contribution in [2.45, 2.75) is 13.5 Å². The number of aliphatic imine (C=N–C) groups is 1. The van der Waals surface area contributed by atoms with Crippen molar-refractivity contribution in [2.24, 2.45) is 4.99 Å². The third-order valence-corrected chi connectivity index (χ3v) is 5.65. The number of aryl methyl sites for hydroxylation is 1. The number of hydrogen-bond acceptors (Lipinski definition) is 4. The lowest BCUT2D eigenvalue weighted by molar-refractivity contribution is -0.129. The van der Waals surface area contributed by atoms with E-state index >= 15 is 0 Å². The molecule has 0 aliphatic carbocycles. The first-order chi connectivity index (χ1) is 14.5. The largest absolute Gasteiger partial charge is 0.487 e. The molecule has 0 unspecified atom stereocenters. The third kappa shape index (κ3) is 4.71. The van der Waals surface area contributed by atoms with Crippen LogP contribution in [0.3, 0.4) is 0 Å². The monoisotopic (exact) mass is 525 g/mol. The molecule has 0 fully saturated rings. The summed E-state index contributed by atoms with van der Waals surface area (Å²) in [5.41, 5.74) is 4.02. The molecule has 30 heavy (non-hydrogen) atoms. The van der Waals surface area contributed by atoms with Crippen LogP contribution < -0.4 is 4.74 Å². The van der Waals surface area contributed by atoms with Crippen LogP contribution in [0.4, 0.5) is 0 Å². The smallest absolute Gasteiger partial charge is 0.363 e. The second kappa shape index (κ2) is 8.98. The molecule has 1 aliphatic heterocycles. The number of carbonyl (C=O) groups is 1. The highest BCUT2D eigenvalue weighted by Crippen LogP contribution is 2.36. The molecule has 0 saturated heterocycles. The van der Waals surface area contributed by atoms with Crippen molar-refractivity contribution >= 4 is 49.8 Å². The number of benzene rings is 3. The van der Waals surface area contributed by atoms with Gasteiger partial charge in [0.25, 0.3) is 0 Å². The van der Waals surface area contributed by atoms with Crippen molar-refractivity contribution in [1.82, 2.24) is 0 Å². The van der Waals surface area contributed by atoms with Crippen LogP contribution in [0.15, 0.2) is 86.4 Å². The molecule has 0 saturated carbocycles. The van der Waals surface area contributed by atoms with Gasteiger partial charge >= 0.3 is 5.97 Å². The van der Waals surface area contributed by atoms with Crippen LogP contribution >= 0.6 is 31.9 Å². The van der Waals surface area contributed by atoms with E-state index in [4.69, 9.17) is 9.47 Å². The van der Waals surface area contributed by atoms with Gasteiger partial charge in [-0.2, -0.15) is 0 Å². The molecule has 0 aromatic heterocycles. The Hall–Kier alpha value is -2.70. The lowest BCUT2D eigenvalue weighted by atomic mass is 10.1. The molecule has 0 N–H and O–H groups in total. The fourth-order valence-corrected chi connectivity index (χ4v) is 4.37. The molecule has 0 atom stereocenters. The number of ether oxygens (including phenoxy) is 2. The molecule has 0 bridgehead atoms. The van der Waals surface area contributed by atoms with Crippen LogP contribution in [0.1, 0.15) is 22.3 Å². The number of halogens is 2. The van der Waals surface area contributed by atoms with Crippen LogP contribution in [0.5, 0.6) is 5.75 Å².